The first kappa shape index (κ1) is 24.4. The zero-order valence-electron chi connectivity index (χ0n) is 19.3. The van der Waals surface area contributed by atoms with Crippen molar-refractivity contribution in [3.05, 3.63) is 81.5 Å². The van der Waals surface area contributed by atoms with Crippen LogP contribution in [-0.4, -0.2) is 52.1 Å². The molecule has 0 saturated carbocycles. The second-order valence-electron chi connectivity index (χ2n) is 8.34. The third-order valence-corrected chi connectivity index (χ3v) is 8.20. The first-order valence-corrected chi connectivity index (χ1v) is 13.5. The number of thiophene rings is 1. The fourth-order valence-corrected chi connectivity index (χ4v) is 5.94. The van der Waals surface area contributed by atoms with Gasteiger partial charge in [-0.1, -0.05) is 24.3 Å². The number of hydrogen-bond donors (Lipinski definition) is 2. The van der Waals surface area contributed by atoms with Gasteiger partial charge in [0.25, 0.3) is 15.9 Å². The SMILES string of the molecule is Cc1cccc(NS(=O)(=O)c2ccc(C)c(C(=O)NC[C@H](c3cccs3)N3CCOCC3)c2)c1. The van der Waals surface area contributed by atoms with Crippen molar-refractivity contribution in [2.75, 3.05) is 37.6 Å². The average molecular weight is 500 g/mol. The molecule has 1 aromatic heterocycles. The Morgan fingerprint density at radius 2 is 1.88 bits per heavy atom. The number of ether oxygens (including phenoxy) is 1. The molecule has 1 aliphatic heterocycles. The van der Waals surface area contributed by atoms with Crippen LogP contribution in [0.15, 0.2) is 64.9 Å². The Hall–Kier alpha value is -2.72. The van der Waals surface area contributed by atoms with E-state index in [4.69, 9.17) is 4.74 Å². The highest BCUT2D eigenvalue weighted by molar-refractivity contribution is 7.92. The summed E-state index contributed by atoms with van der Waals surface area (Å²) in [6.07, 6.45) is 0. The monoisotopic (exact) mass is 499 g/mol. The third kappa shape index (κ3) is 5.85. The predicted molar refractivity (Wildman–Crippen MR) is 135 cm³/mol. The molecule has 1 aliphatic rings. The second-order valence-corrected chi connectivity index (χ2v) is 11.0. The smallest absolute Gasteiger partial charge is 0.261 e. The minimum atomic E-state index is -3.84. The minimum Gasteiger partial charge on any atom is -0.379 e. The van der Waals surface area contributed by atoms with E-state index < -0.39 is 10.0 Å². The van der Waals surface area contributed by atoms with Gasteiger partial charge in [0, 0.05) is 35.8 Å². The van der Waals surface area contributed by atoms with E-state index in [-0.39, 0.29) is 16.8 Å². The van der Waals surface area contributed by atoms with Crippen LogP contribution in [0, 0.1) is 13.8 Å². The molecule has 180 valence electrons. The summed E-state index contributed by atoms with van der Waals surface area (Å²) in [7, 11) is -3.84. The number of carbonyl (C=O) groups is 1. The Morgan fingerprint density at radius 3 is 2.59 bits per heavy atom. The van der Waals surface area contributed by atoms with Crippen LogP contribution in [0.3, 0.4) is 0 Å². The lowest BCUT2D eigenvalue weighted by molar-refractivity contribution is 0.0169. The van der Waals surface area contributed by atoms with Gasteiger partial charge >= 0.3 is 0 Å². The van der Waals surface area contributed by atoms with Crippen LogP contribution in [0.25, 0.3) is 0 Å². The molecule has 1 amide bonds. The van der Waals surface area contributed by atoms with Crippen molar-refractivity contribution in [1.82, 2.24) is 10.2 Å². The third-order valence-electron chi connectivity index (χ3n) is 5.85. The first-order chi connectivity index (χ1) is 16.3. The van der Waals surface area contributed by atoms with Crippen molar-refractivity contribution in [2.24, 2.45) is 0 Å². The number of sulfonamides is 1. The fourth-order valence-electron chi connectivity index (χ4n) is 4.00. The van der Waals surface area contributed by atoms with Gasteiger partial charge in [-0.2, -0.15) is 0 Å². The number of nitrogens with zero attached hydrogens (tertiary/aromatic N) is 1. The average Bonchev–Trinajstić information content (AvgIpc) is 3.34. The Labute approximate surface area is 204 Å². The number of rotatable bonds is 8. The number of benzene rings is 2. The lowest BCUT2D eigenvalue weighted by atomic mass is 10.1. The highest BCUT2D eigenvalue weighted by Crippen LogP contribution is 2.26. The highest BCUT2D eigenvalue weighted by Gasteiger charge is 2.25. The van der Waals surface area contributed by atoms with Gasteiger partial charge in [-0.25, -0.2) is 8.42 Å². The molecular weight excluding hydrogens is 470 g/mol. The van der Waals surface area contributed by atoms with Crippen molar-refractivity contribution in [1.29, 1.82) is 0 Å². The summed E-state index contributed by atoms with van der Waals surface area (Å²) in [6.45, 7) is 7.07. The van der Waals surface area contributed by atoms with Crippen LogP contribution in [0.4, 0.5) is 5.69 Å². The summed E-state index contributed by atoms with van der Waals surface area (Å²) >= 11 is 1.66. The molecule has 4 rings (SSSR count). The van der Waals surface area contributed by atoms with E-state index in [2.05, 4.69) is 21.0 Å². The van der Waals surface area contributed by atoms with Gasteiger partial charge in [-0.3, -0.25) is 14.4 Å². The summed E-state index contributed by atoms with van der Waals surface area (Å²) in [6, 6.07) is 15.9. The Kier molecular flexibility index (Phi) is 7.67. The van der Waals surface area contributed by atoms with E-state index >= 15 is 0 Å². The topological polar surface area (TPSA) is 87.7 Å². The number of hydrogen-bond acceptors (Lipinski definition) is 6. The van der Waals surface area contributed by atoms with Crippen LogP contribution in [0.5, 0.6) is 0 Å². The molecule has 0 aliphatic carbocycles. The van der Waals surface area contributed by atoms with Gasteiger partial charge in [0.2, 0.25) is 0 Å². The summed E-state index contributed by atoms with van der Waals surface area (Å²) in [5.41, 5.74) is 2.49. The number of anilines is 1. The maximum Gasteiger partial charge on any atom is 0.261 e. The predicted octanol–water partition coefficient (Wildman–Crippen LogP) is 3.97. The highest BCUT2D eigenvalue weighted by atomic mass is 32.2. The molecule has 1 fully saturated rings. The van der Waals surface area contributed by atoms with Gasteiger partial charge < -0.3 is 10.1 Å². The maximum absolute atomic E-state index is 13.1. The van der Waals surface area contributed by atoms with Gasteiger partial charge in [-0.15, -0.1) is 11.3 Å². The van der Waals surface area contributed by atoms with Crippen LogP contribution < -0.4 is 10.0 Å². The molecule has 0 spiro atoms. The van der Waals surface area contributed by atoms with Crippen LogP contribution in [0.2, 0.25) is 0 Å². The normalized spacial score (nSPS) is 15.6. The van der Waals surface area contributed by atoms with Crippen molar-refractivity contribution in [3.8, 4) is 0 Å². The van der Waals surface area contributed by atoms with Crippen molar-refractivity contribution >= 4 is 33.0 Å². The molecule has 7 nitrogen and oxygen atoms in total. The van der Waals surface area contributed by atoms with Crippen LogP contribution in [-0.2, 0) is 14.8 Å². The van der Waals surface area contributed by atoms with E-state index in [1.165, 1.54) is 17.0 Å². The van der Waals surface area contributed by atoms with E-state index in [0.29, 0.717) is 36.6 Å². The molecule has 9 heteroatoms. The standard InChI is InChI=1S/C25H29N3O4S2/c1-18-5-3-6-20(15-18)27-34(30,31)21-9-8-19(2)22(16-21)25(29)26-17-23(24-7-4-14-33-24)28-10-12-32-13-11-28/h3-9,14-16,23,27H,10-13,17H2,1-2H3,(H,26,29)/t23-/m1/s1. The molecule has 2 aromatic carbocycles. The van der Waals surface area contributed by atoms with Gasteiger partial charge in [0.15, 0.2) is 0 Å². The lowest BCUT2D eigenvalue weighted by Crippen LogP contribution is -2.43. The number of aryl methyl sites for hydroxylation is 2. The summed E-state index contributed by atoms with van der Waals surface area (Å²) in [4.78, 5) is 16.7. The molecule has 1 saturated heterocycles. The molecule has 2 N–H and O–H groups in total. The molecule has 3 aromatic rings. The summed E-state index contributed by atoms with van der Waals surface area (Å²) in [5, 5.41) is 5.06. The van der Waals surface area contributed by atoms with Crippen molar-refractivity contribution in [3.63, 3.8) is 0 Å². The van der Waals surface area contributed by atoms with E-state index in [9.17, 15) is 13.2 Å². The van der Waals surface area contributed by atoms with Crippen molar-refractivity contribution in [2.45, 2.75) is 24.8 Å². The van der Waals surface area contributed by atoms with Gasteiger partial charge in [-0.05, 0) is 60.7 Å². The molecule has 0 bridgehead atoms. The summed E-state index contributed by atoms with van der Waals surface area (Å²) in [5.74, 6) is -0.292. The van der Waals surface area contributed by atoms with E-state index in [0.717, 1.165) is 18.7 Å². The summed E-state index contributed by atoms with van der Waals surface area (Å²) < 4.78 is 34.0. The van der Waals surface area contributed by atoms with E-state index in [1.54, 1.807) is 42.5 Å². The van der Waals surface area contributed by atoms with E-state index in [1.807, 2.05) is 24.4 Å². The number of carbonyl (C=O) groups excluding carboxylic acids is 1. The zero-order chi connectivity index (χ0) is 24.1. The van der Waals surface area contributed by atoms with Crippen LogP contribution in [0.1, 0.15) is 32.4 Å². The quantitative estimate of drug-likeness (QED) is 0.490. The van der Waals surface area contributed by atoms with Crippen molar-refractivity contribution < 1.29 is 17.9 Å². The van der Waals surface area contributed by atoms with Gasteiger partial charge in [0.05, 0.1) is 24.2 Å². The zero-order valence-corrected chi connectivity index (χ0v) is 20.9. The number of amides is 1. The molecule has 1 atom stereocenters. The molecule has 34 heavy (non-hydrogen) atoms. The maximum atomic E-state index is 13.1. The molecular formula is C25H29N3O4S2. The van der Waals surface area contributed by atoms with Gasteiger partial charge in [0.1, 0.15) is 0 Å². The number of morpholine rings is 1. The Morgan fingerprint density at radius 1 is 1.09 bits per heavy atom. The first-order valence-electron chi connectivity index (χ1n) is 11.2. The lowest BCUT2D eigenvalue weighted by Gasteiger charge is -2.34. The Balaban J connectivity index is 1.51. The fraction of sp³-hybridized carbons (Fsp3) is 0.320. The minimum absolute atomic E-state index is 0.0445. The van der Waals surface area contributed by atoms with Crippen LogP contribution >= 0.6 is 11.3 Å². The Bertz CT molecular complexity index is 1240. The number of nitrogens with one attached hydrogen (secondary N) is 2. The largest absolute Gasteiger partial charge is 0.379 e. The molecule has 2 heterocycles. The second kappa shape index (κ2) is 10.7. The molecule has 0 unspecified atom stereocenters. The molecule has 0 radical (unpaired) electrons.